The topological polar surface area (TPSA) is 47.8 Å². The lowest BCUT2D eigenvalue weighted by Gasteiger charge is -2.10. The average molecular weight is 388 g/mol. The largest absolute Gasteiger partial charge is 0.287 e. The van der Waals surface area contributed by atoms with E-state index in [0.717, 1.165) is 22.0 Å². The molecule has 4 rings (SSSR count). The lowest BCUT2D eigenvalue weighted by molar-refractivity contribution is 0.635. The summed E-state index contributed by atoms with van der Waals surface area (Å²) in [6.45, 7) is 2.54. The van der Waals surface area contributed by atoms with Gasteiger partial charge in [0.25, 0.3) is 5.56 Å². The zero-order valence-corrected chi connectivity index (χ0v) is 15.8. The van der Waals surface area contributed by atoms with Crippen molar-refractivity contribution in [2.24, 2.45) is 0 Å². The Kier molecular flexibility index (Phi) is 4.50. The molecule has 0 N–H and O–H groups in total. The predicted octanol–water partition coefficient (Wildman–Crippen LogP) is 4.97. The smallest absolute Gasteiger partial charge is 0.272 e. The fraction of sp³-hybridized carbons (Fsp3) is 0.167. The summed E-state index contributed by atoms with van der Waals surface area (Å²) in [6.07, 6.45) is 0. The van der Waals surface area contributed by atoms with Crippen molar-refractivity contribution in [2.75, 3.05) is 0 Å². The van der Waals surface area contributed by atoms with Crippen molar-refractivity contribution < 1.29 is 0 Å². The summed E-state index contributed by atoms with van der Waals surface area (Å²) in [5.74, 6) is 0.610. The van der Waals surface area contributed by atoms with E-state index in [0.29, 0.717) is 27.3 Å². The first-order chi connectivity index (χ1) is 12.2. The maximum absolute atomic E-state index is 12.6. The van der Waals surface area contributed by atoms with Crippen molar-refractivity contribution in [1.82, 2.24) is 14.5 Å². The summed E-state index contributed by atoms with van der Waals surface area (Å²) in [5.41, 5.74) is 2.59. The summed E-state index contributed by atoms with van der Waals surface area (Å²) in [7, 11) is 0. The van der Waals surface area contributed by atoms with Crippen LogP contribution in [0, 0.1) is 0 Å². The number of fused-ring (bicyclic) bond motifs is 2. The molecule has 0 fully saturated rings. The van der Waals surface area contributed by atoms with Crippen LogP contribution in [0.1, 0.15) is 12.5 Å². The van der Waals surface area contributed by atoms with E-state index >= 15 is 0 Å². The molecular formula is C18H14ClN3OS2. The van der Waals surface area contributed by atoms with Crippen molar-refractivity contribution >= 4 is 55.8 Å². The number of halogens is 1. The highest BCUT2D eigenvalue weighted by atomic mass is 35.5. The minimum absolute atomic E-state index is 0.0210. The average Bonchev–Trinajstić information content (AvgIpc) is 3.09. The fourth-order valence-corrected chi connectivity index (χ4v) is 4.80. The van der Waals surface area contributed by atoms with Gasteiger partial charge in [0.05, 0.1) is 11.0 Å². The second kappa shape index (κ2) is 6.78. The van der Waals surface area contributed by atoms with Gasteiger partial charge >= 0.3 is 0 Å². The molecule has 0 saturated carbocycles. The monoisotopic (exact) mass is 387 g/mol. The Bertz CT molecular complexity index is 1140. The van der Waals surface area contributed by atoms with Gasteiger partial charge in [0, 0.05) is 23.2 Å². The van der Waals surface area contributed by atoms with Crippen molar-refractivity contribution in [2.45, 2.75) is 24.4 Å². The van der Waals surface area contributed by atoms with Gasteiger partial charge in [-0.15, -0.1) is 11.3 Å². The van der Waals surface area contributed by atoms with E-state index < -0.39 is 0 Å². The third-order valence-corrected chi connectivity index (χ3v) is 6.20. The van der Waals surface area contributed by atoms with Gasteiger partial charge in [0.2, 0.25) is 0 Å². The van der Waals surface area contributed by atoms with Crippen LogP contribution in [0.15, 0.2) is 51.7 Å². The number of rotatable bonds is 4. The van der Waals surface area contributed by atoms with Crippen LogP contribution in [-0.2, 0) is 12.3 Å². The minimum atomic E-state index is 0.0210. The number of benzene rings is 1. The third-order valence-electron chi connectivity index (χ3n) is 3.95. The van der Waals surface area contributed by atoms with Gasteiger partial charge in [-0.1, -0.05) is 41.6 Å². The molecule has 4 nitrogen and oxygen atoms in total. The summed E-state index contributed by atoms with van der Waals surface area (Å²) in [6, 6.07) is 11.8. The standard InChI is InChI=1S/C18H14ClN3OS2/c1-2-22-17(23)15-14(7-8-24-15)21-18(22)25-10-12-9-11-5-3-4-6-13(11)20-16(12)19/h3-9H,2,10H2,1H3. The summed E-state index contributed by atoms with van der Waals surface area (Å²) >= 11 is 9.29. The number of para-hydroxylation sites is 1. The van der Waals surface area contributed by atoms with Crippen LogP contribution in [-0.4, -0.2) is 14.5 Å². The van der Waals surface area contributed by atoms with Crippen LogP contribution in [0.25, 0.3) is 21.1 Å². The number of aromatic nitrogens is 3. The number of thiophene rings is 1. The molecule has 0 aliphatic rings. The number of hydrogen-bond acceptors (Lipinski definition) is 5. The van der Waals surface area contributed by atoms with E-state index in [1.807, 2.05) is 42.6 Å². The second-order valence-corrected chi connectivity index (χ2v) is 7.72. The Hall–Kier alpha value is -1.89. The quantitative estimate of drug-likeness (QED) is 0.282. The van der Waals surface area contributed by atoms with Crippen LogP contribution in [0.4, 0.5) is 0 Å². The number of thioether (sulfide) groups is 1. The van der Waals surface area contributed by atoms with Crippen LogP contribution in [0.3, 0.4) is 0 Å². The summed E-state index contributed by atoms with van der Waals surface area (Å²) in [4.78, 5) is 21.7. The lowest BCUT2D eigenvalue weighted by atomic mass is 10.2. The normalized spacial score (nSPS) is 11.4. The molecule has 0 amide bonds. The number of nitrogens with zero attached hydrogens (tertiary/aromatic N) is 3. The van der Waals surface area contributed by atoms with Gasteiger partial charge in [-0.3, -0.25) is 9.36 Å². The van der Waals surface area contributed by atoms with Gasteiger partial charge < -0.3 is 0 Å². The molecule has 1 aromatic carbocycles. The molecular weight excluding hydrogens is 374 g/mol. The van der Waals surface area contributed by atoms with Crippen molar-refractivity contribution in [3.8, 4) is 0 Å². The molecule has 25 heavy (non-hydrogen) atoms. The van der Waals surface area contributed by atoms with Gasteiger partial charge in [0.1, 0.15) is 9.85 Å². The van der Waals surface area contributed by atoms with Gasteiger partial charge in [-0.05, 0) is 30.5 Å². The van der Waals surface area contributed by atoms with E-state index in [2.05, 4.69) is 16.0 Å². The Morgan fingerprint density at radius 3 is 2.88 bits per heavy atom. The summed E-state index contributed by atoms with van der Waals surface area (Å²) < 4.78 is 2.42. The first-order valence-electron chi connectivity index (χ1n) is 7.82. The maximum atomic E-state index is 12.6. The number of pyridine rings is 1. The molecule has 0 radical (unpaired) electrons. The Balaban J connectivity index is 1.70. The highest BCUT2D eigenvalue weighted by Gasteiger charge is 2.13. The zero-order chi connectivity index (χ0) is 17.4. The van der Waals surface area contributed by atoms with E-state index in [-0.39, 0.29) is 5.56 Å². The second-order valence-electron chi connectivity index (χ2n) is 5.50. The van der Waals surface area contributed by atoms with Crippen LogP contribution >= 0.6 is 34.7 Å². The van der Waals surface area contributed by atoms with E-state index in [1.54, 1.807) is 4.57 Å². The molecule has 0 spiro atoms. The molecule has 7 heteroatoms. The Morgan fingerprint density at radius 2 is 2.04 bits per heavy atom. The highest BCUT2D eigenvalue weighted by molar-refractivity contribution is 7.98. The Labute approximate surface area is 157 Å². The lowest BCUT2D eigenvalue weighted by Crippen LogP contribution is -2.21. The van der Waals surface area contributed by atoms with Crippen molar-refractivity contribution in [1.29, 1.82) is 0 Å². The highest BCUT2D eigenvalue weighted by Crippen LogP contribution is 2.28. The van der Waals surface area contributed by atoms with E-state index in [9.17, 15) is 4.79 Å². The predicted molar refractivity (Wildman–Crippen MR) is 106 cm³/mol. The molecule has 3 aromatic heterocycles. The third kappa shape index (κ3) is 3.05. The molecule has 0 bridgehead atoms. The SMILES string of the molecule is CCn1c(SCc2cc3ccccc3nc2Cl)nc2ccsc2c1=O. The van der Waals surface area contributed by atoms with Gasteiger partial charge in [-0.25, -0.2) is 9.97 Å². The van der Waals surface area contributed by atoms with Crippen LogP contribution < -0.4 is 5.56 Å². The fourth-order valence-electron chi connectivity index (χ4n) is 2.69. The number of hydrogen-bond donors (Lipinski definition) is 0. The van der Waals surface area contributed by atoms with E-state index in [4.69, 9.17) is 11.6 Å². The van der Waals surface area contributed by atoms with Crippen molar-refractivity contribution in [3.05, 3.63) is 62.8 Å². The van der Waals surface area contributed by atoms with Gasteiger partial charge in [0.15, 0.2) is 5.16 Å². The minimum Gasteiger partial charge on any atom is -0.287 e. The summed E-state index contributed by atoms with van der Waals surface area (Å²) in [5, 5.41) is 4.16. The molecule has 0 aliphatic heterocycles. The zero-order valence-electron chi connectivity index (χ0n) is 13.4. The first kappa shape index (κ1) is 16.6. The molecule has 0 atom stereocenters. The molecule has 4 aromatic rings. The van der Waals surface area contributed by atoms with Crippen LogP contribution in [0.2, 0.25) is 5.15 Å². The van der Waals surface area contributed by atoms with Gasteiger partial charge in [-0.2, -0.15) is 0 Å². The Morgan fingerprint density at radius 1 is 1.20 bits per heavy atom. The van der Waals surface area contributed by atoms with Crippen LogP contribution in [0.5, 0.6) is 0 Å². The van der Waals surface area contributed by atoms with E-state index in [1.165, 1.54) is 23.1 Å². The molecule has 0 unspecified atom stereocenters. The first-order valence-corrected chi connectivity index (χ1v) is 10.1. The molecule has 0 aliphatic carbocycles. The molecule has 0 saturated heterocycles. The maximum Gasteiger partial charge on any atom is 0.272 e. The molecule has 3 heterocycles. The molecule has 126 valence electrons. The van der Waals surface area contributed by atoms with Crippen molar-refractivity contribution in [3.63, 3.8) is 0 Å².